The van der Waals surface area contributed by atoms with E-state index in [2.05, 4.69) is 15.3 Å². The van der Waals surface area contributed by atoms with Crippen LogP contribution < -0.4 is 10.1 Å². The Balaban J connectivity index is 1.64. The molecule has 3 aromatic rings. The Morgan fingerprint density at radius 3 is 2.65 bits per heavy atom. The molecule has 0 saturated carbocycles. The zero-order valence-electron chi connectivity index (χ0n) is 14.9. The number of rotatable bonds is 7. The smallest absolute Gasteiger partial charge is 0.255 e. The first-order valence-corrected chi connectivity index (χ1v) is 8.42. The predicted molar refractivity (Wildman–Crippen MR) is 102 cm³/mol. The number of nitrogens with one attached hydrogen (secondary N) is 1. The van der Waals surface area contributed by atoms with Crippen LogP contribution in [-0.4, -0.2) is 41.2 Å². The van der Waals surface area contributed by atoms with Crippen molar-refractivity contribution < 1.29 is 9.53 Å². The Bertz CT molecular complexity index is 859. The molecule has 0 unspecified atom stereocenters. The Kier molecular flexibility index (Phi) is 5.66. The van der Waals surface area contributed by atoms with Gasteiger partial charge in [0.2, 0.25) is 0 Å². The standard InChI is InChI=1S/C20H22N4O2/c1-23(2)11-12-24-15-17(14-21-24)22-20(25)16-7-6-10-19(13-16)26-18-8-4-3-5-9-18/h3-10,13-15H,11-12H2,1-2H3,(H,22,25). The number of hydrogen-bond donors (Lipinski definition) is 1. The van der Waals surface area contributed by atoms with Gasteiger partial charge in [0.1, 0.15) is 11.5 Å². The lowest BCUT2D eigenvalue weighted by Gasteiger charge is -2.09. The number of aromatic nitrogens is 2. The van der Waals surface area contributed by atoms with Gasteiger partial charge in [0.05, 0.1) is 18.4 Å². The van der Waals surface area contributed by atoms with Gasteiger partial charge in [-0.3, -0.25) is 9.48 Å². The van der Waals surface area contributed by atoms with Crippen molar-refractivity contribution in [1.29, 1.82) is 0 Å². The monoisotopic (exact) mass is 350 g/mol. The fourth-order valence-electron chi connectivity index (χ4n) is 2.38. The van der Waals surface area contributed by atoms with Gasteiger partial charge < -0.3 is 15.0 Å². The van der Waals surface area contributed by atoms with E-state index in [0.717, 1.165) is 18.8 Å². The van der Waals surface area contributed by atoms with Crippen LogP contribution in [0.2, 0.25) is 0 Å². The average molecular weight is 350 g/mol. The summed E-state index contributed by atoms with van der Waals surface area (Å²) >= 11 is 0. The number of hydrogen-bond acceptors (Lipinski definition) is 4. The van der Waals surface area contributed by atoms with Crippen molar-refractivity contribution in [2.75, 3.05) is 26.0 Å². The third-order valence-corrected chi connectivity index (χ3v) is 3.74. The molecule has 0 aliphatic carbocycles. The van der Waals surface area contributed by atoms with Gasteiger partial charge in [-0.2, -0.15) is 5.10 Å². The summed E-state index contributed by atoms with van der Waals surface area (Å²) in [6, 6.07) is 16.6. The van der Waals surface area contributed by atoms with Gasteiger partial charge in [0, 0.05) is 18.3 Å². The Labute approximate surface area is 153 Å². The van der Waals surface area contributed by atoms with E-state index in [1.54, 1.807) is 24.4 Å². The van der Waals surface area contributed by atoms with Gasteiger partial charge in [-0.1, -0.05) is 24.3 Å². The molecule has 26 heavy (non-hydrogen) atoms. The molecule has 1 N–H and O–H groups in total. The third-order valence-electron chi connectivity index (χ3n) is 3.74. The van der Waals surface area contributed by atoms with E-state index < -0.39 is 0 Å². The minimum absolute atomic E-state index is 0.198. The molecule has 6 heteroatoms. The van der Waals surface area contributed by atoms with Crippen molar-refractivity contribution in [3.05, 3.63) is 72.6 Å². The van der Waals surface area contributed by atoms with Crippen LogP contribution in [0.1, 0.15) is 10.4 Å². The van der Waals surface area contributed by atoms with Gasteiger partial charge in [0.25, 0.3) is 5.91 Å². The van der Waals surface area contributed by atoms with Crippen molar-refractivity contribution in [2.45, 2.75) is 6.54 Å². The number of carbonyl (C=O) groups is 1. The van der Waals surface area contributed by atoms with E-state index in [9.17, 15) is 4.79 Å². The maximum atomic E-state index is 12.5. The summed E-state index contributed by atoms with van der Waals surface area (Å²) in [7, 11) is 4.02. The molecular formula is C20H22N4O2. The van der Waals surface area contributed by atoms with Crippen LogP contribution in [0.25, 0.3) is 0 Å². The van der Waals surface area contributed by atoms with Gasteiger partial charge >= 0.3 is 0 Å². The molecule has 1 heterocycles. The van der Waals surface area contributed by atoms with Crippen molar-refractivity contribution in [3.63, 3.8) is 0 Å². The molecular weight excluding hydrogens is 328 g/mol. The summed E-state index contributed by atoms with van der Waals surface area (Å²) < 4.78 is 7.59. The lowest BCUT2D eigenvalue weighted by atomic mass is 10.2. The molecule has 0 atom stereocenters. The Morgan fingerprint density at radius 2 is 1.88 bits per heavy atom. The second kappa shape index (κ2) is 8.31. The van der Waals surface area contributed by atoms with Crippen molar-refractivity contribution >= 4 is 11.6 Å². The number of amides is 1. The molecule has 3 rings (SSSR count). The summed E-state index contributed by atoms with van der Waals surface area (Å²) in [6.07, 6.45) is 3.48. The molecule has 0 saturated heterocycles. The molecule has 0 radical (unpaired) electrons. The average Bonchev–Trinajstić information content (AvgIpc) is 3.08. The molecule has 0 spiro atoms. The van der Waals surface area contributed by atoms with Crippen LogP contribution >= 0.6 is 0 Å². The summed E-state index contributed by atoms with van der Waals surface area (Å²) in [4.78, 5) is 14.6. The number of ether oxygens (including phenoxy) is 1. The van der Waals surface area contributed by atoms with Crippen LogP contribution in [0.4, 0.5) is 5.69 Å². The van der Waals surface area contributed by atoms with Gasteiger partial charge in [-0.05, 0) is 44.4 Å². The van der Waals surface area contributed by atoms with Crippen LogP contribution in [0.15, 0.2) is 67.0 Å². The second-order valence-electron chi connectivity index (χ2n) is 6.19. The number of likely N-dealkylation sites (N-methyl/N-ethyl adjacent to an activating group) is 1. The highest BCUT2D eigenvalue weighted by molar-refractivity contribution is 6.04. The maximum Gasteiger partial charge on any atom is 0.255 e. The normalized spacial score (nSPS) is 10.7. The summed E-state index contributed by atoms with van der Waals surface area (Å²) in [5, 5.41) is 7.12. The van der Waals surface area contributed by atoms with E-state index in [1.807, 2.05) is 61.4 Å². The zero-order valence-corrected chi connectivity index (χ0v) is 14.9. The summed E-state index contributed by atoms with van der Waals surface area (Å²) in [5.74, 6) is 1.15. The molecule has 0 fully saturated rings. The SMILES string of the molecule is CN(C)CCn1cc(NC(=O)c2cccc(Oc3ccccc3)c2)cn1. The number of anilines is 1. The van der Waals surface area contributed by atoms with Crippen LogP contribution in [0.5, 0.6) is 11.5 Å². The van der Waals surface area contributed by atoms with Gasteiger partial charge in [-0.15, -0.1) is 0 Å². The number of carbonyl (C=O) groups excluding carboxylic acids is 1. The molecule has 6 nitrogen and oxygen atoms in total. The largest absolute Gasteiger partial charge is 0.457 e. The van der Waals surface area contributed by atoms with Crippen molar-refractivity contribution in [3.8, 4) is 11.5 Å². The summed E-state index contributed by atoms with van der Waals surface area (Å²) in [6.45, 7) is 1.65. The fraction of sp³-hybridized carbons (Fsp3) is 0.200. The zero-order chi connectivity index (χ0) is 18.4. The molecule has 0 bridgehead atoms. The van der Waals surface area contributed by atoms with E-state index >= 15 is 0 Å². The van der Waals surface area contributed by atoms with E-state index in [-0.39, 0.29) is 5.91 Å². The fourth-order valence-corrected chi connectivity index (χ4v) is 2.38. The lowest BCUT2D eigenvalue weighted by Crippen LogP contribution is -2.18. The number of para-hydroxylation sites is 1. The Morgan fingerprint density at radius 1 is 1.12 bits per heavy atom. The van der Waals surface area contributed by atoms with E-state index in [0.29, 0.717) is 17.0 Å². The summed E-state index contributed by atoms with van der Waals surface area (Å²) in [5.41, 5.74) is 1.20. The molecule has 1 amide bonds. The molecule has 134 valence electrons. The van der Waals surface area contributed by atoms with Crippen molar-refractivity contribution in [1.82, 2.24) is 14.7 Å². The quantitative estimate of drug-likeness (QED) is 0.709. The van der Waals surface area contributed by atoms with Gasteiger partial charge in [-0.25, -0.2) is 0 Å². The topological polar surface area (TPSA) is 59.4 Å². The molecule has 2 aromatic carbocycles. The third kappa shape index (κ3) is 4.94. The first-order valence-electron chi connectivity index (χ1n) is 8.42. The minimum atomic E-state index is -0.198. The van der Waals surface area contributed by atoms with E-state index in [4.69, 9.17) is 4.74 Å². The minimum Gasteiger partial charge on any atom is -0.457 e. The molecule has 0 aliphatic rings. The second-order valence-corrected chi connectivity index (χ2v) is 6.19. The first-order chi connectivity index (χ1) is 12.6. The van der Waals surface area contributed by atoms with Crippen LogP contribution in [0, 0.1) is 0 Å². The lowest BCUT2D eigenvalue weighted by molar-refractivity contribution is 0.102. The molecule has 0 aliphatic heterocycles. The highest BCUT2D eigenvalue weighted by atomic mass is 16.5. The van der Waals surface area contributed by atoms with E-state index in [1.165, 1.54) is 0 Å². The molecule has 1 aromatic heterocycles. The number of nitrogens with zero attached hydrogens (tertiary/aromatic N) is 3. The van der Waals surface area contributed by atoms with Crippen molar-refractivity contribution in [2.24, 2.45) is 0 Å². The maximum absolute atomic E-state index is 12.5. The van der Waals surface area contributed by atoms with Gasteiger partial charge in [0.15, 0.2) is 0 Å². The van der Waals surface area contributed by atoms with Crippen LogP contribution in [-0.2, 0) is 6.54 Å². The highest BCUT2D eigenvalue weighted by Gasteiger charge is 2.09. The van der Waals surface area contributed by atoms with Crippen LogP contribution in [0.3, 0.4) is 0 Å². The highest BCUT2D eigenvalue weighted by Crippen LogP contribution is 2.22. The first kappa shape index (κ1) is 17.7. The Hall–Kier alpha value is -3.12. The number of benzene rings is 2. The predicted octanol–water partition coefficient (Wildman–Crippen LogP) is 3.49.